The number of pyridine rings is 4. The molecule has 2 aliphatic heterocycles. The first kappa shape index (κ1) is 40.3. The normalized spacial score (nSPS) is 14.3. The molecule has 0 fully saturated rings. The molecule has 8 heteroatoms. The van der Waals surface area contributed by atoms with Crippen molar-refractivity contribution in [2.75, 3.05) is 6.66 Å². The molecule has 6 heterocycles. The predicted octanol–water partition coefficient (Wildman–Crippen LogP) is 11.9. The van der Waals surface area contributed by atoms with Crippen molar-refractivity contribution in [1.82, 2.24) is 19.1 Å². The van der Waals surface area contributed by atoms with Gasteiger partial charge in [-0.15, -0.1) is 0 Å². The third kappa shape index (κ3) is 5.53. The number of fused-ring (bicyclic) bond motifs is 16. The van der Waals surface area contributed by atoms with Gasteiger partial charge in [-0.1, -0.05) is 102 Å². The summed E-state index contributed by atoms with van der Waals surface area (Å²) in [4.78, 5) is 41.0. The van der Waals surface area contributed by atoms with Crippen LogP contribution in [0, 0.1) is 0 Å². The quantitative estimate of drug-likeness (QED) is 0.128. The highest BCUT2D eigenvalue weighted by molar-refractivity contribution is 7.73. The molecule has 1 spiro atoms. The molecule has 0 unspecified atom stereocenters. The van der Waals surface area contributed by atoms with E-state index in [-0.39, 0.29) is 21.9 Å². The van der Waals surface area contributed by atoms with Gasteiger partial charge in [0, 0.05) is 45.7 Å². The minimum absolute atomic E-state index is 0.114. The predicted molar refractivity (Wildman–Crippen MR) is 271 cm³/mol. The van der Waals surface area contributed by atoms with E-state index < -0.39 is 13.3 Å². The molecular formula is C58H47N4O3P. The van der Waals surface area contributed by atoms with Crippen LogP contribution in [0.25, 0.3) is 55.0 Å². The van der Waals surface area contributed by atoms with Crippen molar-refractivity contribution in [2.45, 2.75) is 57.8 Å². The summed E-state index contributed by atoms with van der Waals surface area (Å²) in [7, 11) is -1.33. The summed E-state index contributed by atoms with van der Waals surface area (Å²) in [6.45, 7) is 15.8. The largest absolute Gasteiger partial charge is 0.457 e. The highest BCUT2D eigenvalue weighted by Crippen LogP contribution is 2.61. The number of para-hydroxylation sites is 2. The van der Waals surface area contributed by atoms with Crippen LogP contribution in [0.5, 0.6) is 11.5 Å². The molecule has 0 atom stereocenters. The van der Waals surface area contributed by atoms with Gasteiger partial charge in [-0.2, -0.15) is 0 Å². The van der Waals surface area contributed by atoms with Gasteiger partial charge >= 0.3 is 0 Å². The number of hydrogen-bond acceptors (Lipinski definition) is 5. The lowest BCUT2D eigenvalue weighted by atomic mass is 9.61. The Morgan fingerprint density at radius 1 is 0.500 bits per heavy atom. The van der Waals surface area contributed by atoms with Crippen molar-refractivity contribution in [2.24, 2.45) is 0 Å². The van der Waals surface area contributed by atoms with Crippen molar-refractivity contribution < 1.29 is 4.74 Å². The molecule has 0 saturated carbocycles. The monoisotopic (exact) mass is 878 g/mol. The summed E-state index contributed by atoms with van der Waals surface area (Å²) in [6, 6.07) is 49.3. The fourth-order valence-electron chi connectivity index (χ4n) is 10.8. The fourth-order valence-corrected chi connectivity index (χ4v) is 13.4. The molecule has 0 N–H and O–H groups in total. The maximum atomic E-state index is 15.3. The van der Waals surface area contributed by atoms with E-state index in [4.69, 9.17) is 14.7 Å². The lowest BCUT2D eigenvalue weighted by molar-refractivity contribution is 0.432. The third-order valence-electron chi connectivity index (χ3n) is 14.0. The van der Waals surface area contributed by atoms with Gasteiger partial charge in [0.25, 0.3) is 11.1 Å². The van der Waals surface area contributed by atoms with Crippen molar-refractivity contribution in [3.8, 4) is 22.9 Å². The van der Waals surface area contributed by atoms with Crippen LogP contribution in [0.1, 0.15) is 74.9 Å². The fraction of sp³-hybridized carbons (Fsp3) is 0.172. The molecule has 12 rings (SSSR count). The summed E-state index contributed by atoms with van der Waals surface area (Å²) >= 11 is 0. The second-order valence-corrected chi connectivity index (χ2v) is 21.8. The van der Waals surface area contributed by atoms with Crippen LogP contribution in [0.3, 0.4) is 0 Å². The van der Waals surface area contributed by atoms with E-state index in [1.165, 1.54) is 11.1 Å². The van der Waals surface area contributed by atoms with E-state index in [0.29, 0.717) is 10.8 Å². The van der Waals surface area contributed by atoms with Gasteiger partial charge in [-0.25, -0.2) is 0 Å². The topological polar surface area (TPSA) is 79.0 Å². The molecular weight excluding hydrogens is 832 g/mol. The van der Waals surface area contributed by atoms with Crippen molar-refractivity contribution in [3.05, 3.63) is 212 Å². The second-order valence-electron chi connectivity index (χ2n) is 19.8. The summed E-state index contributed by atoms with van der Waals surface area (Å²) in [5.74, 6) is 1.53. The Morgan fingerprint density at radius 3 is 1.33 bits per heavy atom. The van der Waals surface area contributed by atoms with E-state index in [1.807, 2.05) is 109 Å². The number of rotatable bonds is 2. The zero-order valence-corrected chi connectivity index (χ0v) is 38.9. The molecule has 10 aromatic rings. The van der Waals surface area contributed by atoms with Crippen molar-refractivity contribution in [1.29, 1.82) is 0 Å². The first-order chi connectivity index (χ1) is 31.8. The van der Waals surface area contributed by atoms with Crippen LogP contribution >= 0.6 is 7.92 Å². The summed E-state index contributed by atoms with van der Waals surface area (Å²) in [5, 5.41) is 4.96. The number of aromatic nitrogens is 4. The van der Waals surface area contributed by atoms with E-state index in [1.54, 1.807) is 9.13 Å². The molecule has 7 nitrogen and oxygen atoms in total. The average Bonchev–Trinajstić information content (AvgIpc) is 3.32. The zero-order valence-electron chi connectivity index (χ0n) is 38.0. The molecule has 66 heavy (non-hydrogen) atoms. The molecule has 322 valence electrons. The van der Waals surface area contributed by atoms with Crippen LogP contribution in [0.15, 0.2) is 168 Å². The van der Waals surface area contributed by atoms with Gasteiger partial charge in [0.1, 0.15) is 11.5 Å². The first-order valence-electron chi connectivity index (χ1n) is 22.5. The third-order valence-corrected chi connectivity index (χ3v) is 16.2. The molecule has 4 aromatic heterocycles. The van der Waals surface area contributed by atoms with Crippen molar-refractivity contribution in [3.63, 3.8) is 0 Å². The van der Waals surface area contributed by atoms with Crippen LogP contribution in [0.4, 0.5) is 0 Å². The number of nitrogens with zero attached hydrogens (tertiary/aromatic N) is 4. The van der Waals surface area contributed by atoms with Crippen molar-refractivity contribution >= 4 is 62.1 Å². The Morgan fingerprint density at radius 2 is 0.924 bits per heavy atom. The smallest absolute Gasteiger partial charge is 0.263 e. The van der Waals surface area contributed by atoms with Crippen LogP contribution in [-0.4, -0.2) is 25.8 Å². The average molecular weight is 879 g/mol. The maximum Gasteiger partial charge on any atom is 0.263 e. The standard InChI is InChI=1S/C58H47N4O3P/c1-56(2,3)34-22-28-46-42(32-34)58(43-33-35(57(4,5)6)23-29-47(43)65-46)40-26-24-38-48(50-44(20-14-30-59-50)61(54(38)63)36-16-10-8-11-17-36)52(40)66(7)53-41(58)27-25-39-49(53)51-45(21-15-31-60-51)62(55(39)64)37-18-12-9-13-19-37/h8-33H,1-7H3. The zero-order chi connectivity index (χ0) is 45.4. The van der Waals surface area contributed by atoms with Crippen LogP contribution in [0.2, 0.25) is 0 Å². The molecule has 0 amide bonds. The molecule has 6 aromatic carbocycles. The van der Waals surface area contributed by atoms with Gasteiger partial charge in [0.05, 0.1) is 38.3 Å². The highest BCUT2D eigenvalue weighted by Gasteiger charge is 2.53. The number of benzene rings is 6. The second kappa shape index (κ2) is 14.1. The maximum absolute atomic E-state index is 15.3. The van der Waals surface area contributed by atoms with E-state index in [0.717, 1.165) is 88.6 Å². The molecule has 2 aliphatic rings. The van der Waals surface area contributed by atoms with E-state index in [2.05, 4.69) is 96.7 Å². The first-order valence-corrected chi connectivity index (χ1v) is 24.3. The van der Waals surface area contributed by atoms with Gasteiger partial charge in [0.2, 0.25) is 0 Å². The Hall–Kier alpha value is -7.21. The Bertz CT molecular complexity index is 3570. The van der Waals surface area contributed by atoms with E-state index >= 15 is 9.59 Å². The molecule has 0 aliphatic carbocycles. The Labute approximate surface area is 383 Å². The van der Waals surface area contributed by atoms with Gasteiger partial charge in [-0.05, 0) is 143 Å². The molecule has 0 bridgehead atoms. The number of hydrogen-bond donors (Lipinski definition) is 0. The van der Waals surface area contributed by atoms with Gasteiger partial charge in [-0.3, -0.25) is 28.7 Å². The van der Waals surface area contributed by atoms with E-state index in [9.17, 15) is 0 Å². The lowest BCUT2D eigenvalue weighted by Crippen LogP contribution is -2.46. The Balaban J connectivity index is 1.35. The number of ether oxygens (including phenoxy) is 1. The van der Waals surface area contributed by atoms with Crippen LogP contribution < -0.4 is 26.5 Å². The summed E-state index contributed by atoms with van der Waals surface area (Å²) < 4.78 is 10.6. The minimum Gasteiger partial charge on any atom is -0.457 e. The van der Waals surface area contributed by atoms with Gasteiger partial charge in [0.15, 0.2) is 0 Å². The SMILES string of the molecule is CP1c2c(ccc3c(=O)n(-c4ccccc4)c4cccnc4c23)C2(c3cc(C(C)(C)C)ccc3Oc3ccc(C(C)(C)C)cc32)c2ccc3c(=O)n(-c4ccccc4)c4cccnc4c3c21. The highest BCUT2D eigenvalue weighted by atomic mass is 31.1. The summed E-state index contributed by atoms with van der Waals surface area (Å²) in [5.41, 5.74) is 9.44. The van der Waals surface area contributed by atoms with Gasteiger partial charge < -0.3 is 4.74 Å². The lowest BCUT2D eigenvalue weighted by Gasteiger charge is -2.48. The Kier molecular flexibility index (Phi) is 8.64. The molecule has 0 radical (unpaired) electrons. The minimum atomic E-state index is -1.33. The summed E-state index contributed by atoms with van der Waals surface area (Å²) in [6.07, 6.45) is 3.66. The van der Waals surface area contributed by atoms with Crippen LogP contribution in [-0.2, 0) is 16.2 Å². The molecule has 0 saturated heterocycles.